The van der Waals surface area contributed by atoms with Crippen LogP contribution in [-0.4, -0.2) is 34.0 Å². The minimum atomic E-state index is -3.81. The van der Waals surface area contributed by atoms with E-state index in [-0.39, 0.29) is 11.9 Å². The fourth-order valence-electron chi connectivity index (χ4n) is 2.84. The Morgan fingerprint density at radius 1 is 0.600 bits per heavy atom. The molecule has 0 aliphatic rings. The first-order valence-corrected chi connectivity index (χ1v) is 19.1. The molecule has 0 N–H and O–H groups in total. The summed E-state index contributed by atoms with van der Waals surface area (Å²) in [5.41, 5.74) is 0. The molecule has 5 heteroatoms. The van der Waals surface area contributed by atoms with Crippen LogP contribution in [0.15, 0.2) is 0 Å². The molecule has 0 spiro atoms. The van der Waals surface area contributed by atoms with Crippen LogP contribution in [-0.2, 0) is 15.0 Å². The van der Waals surface area contributed by atoms with Crippen LogP contribution in [0.1, 0.15) is 105 Å². The van der Waals surface area contributed by atoms with Crippen molar-refractivity contribution in [1.82, 2.24) is 0 Å². The predicted octanol–water partition coefficient (Wildman–Crippen LogP) is 6.28. The Morgan fingerprint density at radius 3 is 1.56 bits per heavy atom. The van der Waals surface area contributed by atoms with Crippen molar-refractivity contribution in [3.8, 4) is 0 Å². The molecule has 0 heterocycles. The van der Waals surface area contributed by atoms with Crippen LogP contribution >= 0.6 is 0 Å². The zero-order valence-electron chi connectivity index (χ0n) is 17.0. The monoisotopic (exact) mass is 552 g/mol. The van der Waals surface area contributed by atoms with E-state index in [0.717, 1.165) is 52.9 Å². The summed E-state index contributed by atoms with van der Waals surface area (Å²) in [6.07, 6.45) is 11.3. The molecule has 0 bridgehead atoms. The Hall–Kier alpha value is -0.138. The summed E-state index contributed by atoms with van der Waals surface area (Å²) >= 11 is -3.81. The summed E-state index contributed by atoms with van der Waals surface area (Å²) in [6, 6.07) is 0. The van der Waals surface area contributed by atoms with Gasteiger partial charge in [0.2, 0.25) is 0 Å². The maximum absolute atomic E-state index is 12.4. The summed E-state index contributed by atoms with van der Waals surface area (Å²) in [5.74, 6) is -0.290. The third-order valence-electron chi connectivity index (χ3n) is 4.36. The number of hydrogen-bond acceptors (Lipinski definition) is 4. The zero-order chi connectivity index (χ0) is 19.0. The number of hydrogen-bond donors (Lipinski definition) is 0. The molecule has 0 rings (SSSR count). The molecule has 0 radical (unpaired) electrons. The molecule has 0 aliphatic heterocycles. The molecule has 0 aromatic heterocycles. The van der Waals surface area contributed by atoms with Crippen molar-refractivity contribution >= 4 is 34.0 Å². The Morgan fingerprint density at radius 2 is 1.08 bits per heavy atom. The number of unbranched alkanes of at least 4 members (excludes halogenated alkanes) is 6. The van der Waals surface area contributed by atoms with E-state index in [2.05, 4.69) is 20.8 Å². The van der Waals surface area contributed by atoms with Gasteiger partial charge in [-0.25, -0.2) is 0 Å². The summed E-state index contributed by atoms with van der Waals surface area (Å²) in [7, 11) is 0. The van der Waals surface area contributed by atoms with Crippen molar-refractivity contribution in [3.05, 3.63) is 0 Å². The molecule has 0 atom stereocenters. The fourth-order valence-corrected chi connectivity index (χ4v) is 16.5. The van der Waals surface area contributed by atoms with E-state index in [1.54, 1.807) is 0 Å². The van der Waals surface area contributed by atoms with Gasteiger partial charge in [0, 0.05) is 0 Å². The van der Waals surface area contributed by atoms with Crippen LogP contribution in [0.25, 0.3) is 0 Å². The van der Waals surface area contributed by atoms with E-state index in [9.17, 15) is 9.59 Å². The van der Waals surface area contributed by atoms with E-state index < -0.39 is 22.1 Å². The molecule has 4 nitrogen and oxygen atoms in total. The van der Waals surface area contributed by atoms with Gasteiger partial charge in [0.1, 0.15) is 0 Å². The second-order valence-electron chi connectivity index (χ2n) is 6.98. The molecular weight excluding hydrogens is 511 g/mol. The van der Waals surface area contributed by atoms with Gasteiger partial charge in [-0.05, 0) is 0 Å². The fraction of sp³-hybridized carbons (Fsp3) is 0.900. The first kappa shape index (κ1) is 24.9. The van der Waals surface area contributed by atoms with E-state index in [4.69, 9.17) is 5.37 Å². The van der Waals surface area contributed by atoms with Crippen molar-refractivity contribution in [3.63, 3.8) is 0 Å². The van der Waals surface area contributed by atoms with Crippen LogP contribution in [0, 0.1) is 0 Å². The predicted molar refractivity (Wildman–Crippen MR) is 106 cm³/mol. The van der Waals surface area contributed by atoms with Crippen LogP contribution in [0.2, 0.25) is 7.96 Å². The quantitative estimate of drug-likeness (QED) is 0.167. The normalized spacial score (nSPS) is 11.4. The second-order valence-corrected chi connectivity index (χ2v) is 19.5. The van der Waals surface area contributed by atoms with Crippen LogP contribution in [0.5, 0.6) is 0 Å². The van der Waals surface area contributed by atoms with Gasteiger partial charge >= 0.3 is 162 Å². The van der Waals surface area contributed by atoms with Gasteiger partial charge < -0.3 is 0 Å². The third kappa shape index (κ3) is 12.8. The van der Waals surface area contributed by atoms with Crippen molar-refractivity contribution in [2.24, 2.45) is 0 Å². The number of rotatable bonds is 16. The summed E-state index contributed by atoms with van der Waals surface area (Å²) in [6.45, 7) is 8.41. The van der Waals surface area contributed by atoms with Crippen LogP contribution in [0.4, 0.5) is 0 Å². The minimum absolute atomic E-state index is 0.130. The number of carbonyl (C=O) groups is 2. The van der Waals surface area contributed by atoms with Crippen molar-refractivity contribution in [1.29, 1.82) is 0 Å². The number of carbonyl (C=O) groups excluding carboxylic acids is 2. The van der Waals surface area contributed by atoms with Crippen molar-refractivity contribution in [2.45, 2.75) is 113 Å². The maximum atomic E-state index is 12.4. The molecule has 0 aromatic carbocycles. The second kappa shape index (κ2) is 16.1. The molecule has 0 saturated carbocycles. The van der Waals surface area contributed by atoms with Gasteiger partial charge in [0.25, 0.3) is 0 Å². The van der Waals surface area contributed by atoms with E-state index >= 15 is 0 Å². The van der Waals surface area contributed by atoms with E-state index in [1.165, 1.54) is 19.3 Å². The Balaban J connectivity index is 4.79. The van der Waals surface area contributed by atoms with Crippen molar-refractivity contribution < 1.29 is 15.0 Å². The molecule has 0 fully saturated rings. The first-order valence-electron chi connectivity index (χ1n) is 10.5. The Kier molecular flexibility index (Phi) is 16.0. The molecule has 0 aromatic rings. The van der Waals surface area contributed by atoms with Crippen molar-refractivity contribution in [2.75, 3.05) is 0 Å². The molecular formula is C20H40O4Pb. The molecule has 148 valence electrons. The summed E-state index contributed by atoms with van der Waals surface area (Å²) < 4.78 is 13.6. The summed E-state index contributed by atoms with van der Waals surface area (Å²) in [4.78, 5) is 24.5. The topological polar surface area (TPSA) is 52.6 Å². The summed E-state index contributed by atoms with van der Waals surface area (Å²) in [5, 5.41) is 0. The molecule has 0 unspecified atom stereocenters. The third-order valence-corrected chi connectivity index (χ3v) is 17.7. The Bertz CT molecular complexity index is 350. The van der Waals surface area contributed by atoms with Crippen LogP contribution in [0.3, 0.4) is 0 Å². The standard InChI is InChI=1S/C8H16O2.C4H8O2.2C4H9.Pb/c1-2-3-4-5-6-7-8(9)10;1-2-3-4(5)6;2*1-3-4-2;/h2-7H2,1H3,(H,9,10);2-3H2,1H3,(H,5,6);2*1,3-4H2,2H3;/q;;;;+2/p-2. The first-order chi connectivity index (χ1) is 12.0. The zero-order valence-corrected chi connectivity index (χ0v) is 20.9. The van der Waals surface area contributed by atoms with Gasteiger partial charge in [0.05, 0.1) is 0 Å². The van der Waals surface area contributed by atoms with Gasteiger partial charge in [0.15, 0.2) is 0 Å². The van der Waals surface area contributed by atoms with Gasteiger partial charge in [-0.3, -0.25) is 0 Å². The molecule has 0 amide bonds. The molecule has 0 saturated heterocycles. The van der Waals surface area contributed by atoms with Gasteiger partial charge in [-0.1, -0.05) is 0 Å². The average Bonchev–Trinajstić information content (AvgIpc) is 2.58. The average molecular weight is 552 g/mol. The Labute approximate surface area is 161 Å². The van der Waals surface area contributed by atoms with Gasteiger partial charge in [-0.15, -0.1) is 0 Å². The van der Waals surface area contributed by atoms with Crippen LogP contribution < -0.4 is 0 Å². The van der Waals surface area contributed by atoms with E-state index in [1.807, 2.05) is 6.92 Å². The van der Waals surface area contributed by atoms with E-state index in [0.29, 0.717) is 12.8 Å². The SMILES string of the molecule is CCCCCCCC(=O)[O][Pb]([CH2]CCC)([CH2]CCC)[O]C(=O)CCC. The molecule has 25 heavy (non-hydrogen) atoms. The molecule has 0 aliphatic carbocycles. The van der Waals surface area contributed by atoms with Gasteiger partial charge in [-0.2, -0.15) is 0 Å².